The Kier molecular flexibility index (Phi) is 3.72. The van der Waals surface area contributed by atoms with Crippen LogP contribution in [0.5, 0.6) is 0 Å². The zero-order valence-corrected chi connectivity index (χ0v) is 10.5. The van der Waals surface area contributed by atoms with Gasteiger partial charge in [0.15, 0.2) is 0 Å². The molecule has 0 amide bonds. The van der Waals surface area contributed by atoms with Crippen LogP contribution in [-0.2, 0) is 14.8 Å². The van der Waals surface area contributed by atoms with Crippen molar-refractivity contribution in [2.75, 3.05) is 22.8 Å². The zero-order valence-electron chi connectivity index (χ0n) is 9.73. The molecule has 0 radical (unpaired) electrons. The standard InChI is InChI=1S/C11H15FN2O3S/c12-10-4-3-8(13)6-11(10)14-18(15,16)7-9-2-1-5-17-9/h3-4,6,9,14H,1-2,5,7,13H2. The third kappa shape index (κ3) is 3.33. The predicted molar refractivity (Wildman–Crippen MR) is 67.2 cm³/mol. The van der Waals surface area contributed by atoms with Gasteiger partial charge in [0.25, 0.3) is 0 Å². The molecule has 7 heteroatoms. The Morgan fingerprint density at radius 2 is 2.28 bits per heavy atom. The molecule has 1 aromatic rings. The summed E-state index contributed by atoms with van der Waals surface area (Å²) in [6, 6.07) is 3.74. The lowest BCUT2D eigenvalue weighted by atomic mass is 10.3. The van der Waals surface area contributed by atoms with Crippen LogP contribution in [0.2, 0.25) is 0 Å². The van der Waals surface area contributed by atoms with Crippen molar-refractivity contribution in [3.05, 3.63) is 24.0 Å². The smallest absolute Gasteiger partial charge is 0.235 e. The number of nitrogen functional groups attached to an aromatic ring is 1. The molecule has 18 heavy (non-hydrogen) atoms. The van der Waals surface area contributed by atoms with Crippen molar-refractivity contribution >= 4 is 21.4 Å². The summed E-state index contributed by atoms with van der Waals surface area (Å²) >= 11 is 0. The van der Waals surface area contributed by atoms with Gasteiger partial charge < -0.3 is 10.5 Å². The first-order chi connectivity index (χ1) is 8.46. The Morgan fingerprint density at radius 1 is 1.50 bits per heavy atom. The third-order valence-corrected chi connectivity index (χ3v) is 4.03. The minimum absolute atomic E-state index is 0.131. The number of anilines is 2. The summed E-state index contributed by atoms with van der Waals surface area (Å²) in [5, 5.41) is 0. The molecule has 0 aromatic heterocycles. The van der Waals surface area contributed by atoms with Crippen LogP contribution < -0.4 is 10.5 Å². The minimum atomic E-state index is -3.63. The second-order valence-corrected chi connectivity index (χ2v) is 6.02. The van der Waals surface area contributed by atoms with Crippen molar-refractivity contribution in [3.63, 3.8) is 0 Å². The van der Waals surface area contributed by atoms with Crippen molar-refractivity contribution in [1.29, 1.82) is 0 Å². The molecular formula is C11H15FN2O3S. The third-order valence-electron chi connectivity index (χ3n) is 2.69. The van der Waals surface area contributed by atoms with Gasteiger partial charge in [-0.05, 0) is 31.0 Å². The second kappa shape index (κ2) is 5.11. The van der Waals surface area contributed by atoms with Crippen molar-refractivity contribution in [3.8, 4) is 0 Å². The largest absolute Gasteiger partial charge is 0.399 e. The number of nitrogens with two attached hydrogens (primary N) is 1. The quantitative estimate of drug-likeness (QED) is 0.812. The van der Waals surface area contributed by atoms with Crippen LogP contribution in [0, 0.1) is 5.82 Å². The lowest BCUT2D eigenvalue weighted by molar-refractivity contribution is 0.127. The summed E-state index contributed by atoms with van der Waals surface area (Å²) < 4.78 is 44.5. The molecule has 1 saturated heterocycles. The number of hydrogen-bond donors (Lipinski definition) is 2. The molecule has 1 atom stereocenters. The number of rotatable bonds is 4. The summed E-state index contributed by atoms with van der Waals surface area (Å²) in [5.41, 5.74) is 5.65. The second-order valence-electron chi connectivity index (χ2n) is 4.26. The van der Waals surface area contributed by atoms with E-state index >= 15 is 0 Å². The lowest BCUT2D eigenvalue weighted by Gasteiger charge is -2.12. The predicted octanol–water partition coefficient (Wildman–Crippen LogP) is 1.33. The van der Waals surface area contributed by atoms with E-state index in [2.05, 4.69) is 4.72 Å². The number of ether oxygens (including phenoxy) is 1. The summed E-state index contributed by atoms with van der Waals surface area (Å²) in [6.07, 6.45) is 1.25. The Hall–Kier alpha value is -1.34. The van der Waals surface area contributed by atoms with Gasteiger partial charge >= 0.3 is 0 Å². The average molecular weight is 274 g/mol. The van der Waals surface area contributed by atoms with E-state index in [0.29, 0.717) is 18.7 Å². The van der Waals surface area contributed by atoms with Crippen molar-refractivity contribution in [2.24, 2.45) is 0 Å². The van der Waals surface area contributed by atoms with Crippen LogP contribution in [-0.4, -0.2) is 26.9 Å². The number of nitrogens with one attached hydrogen (secondary N) is 1. The number of benzene rings is 1. The van der Waals surface area contributed by atoms with Crippen molar-refractivity contribution in [1.82, 2.24) is 0 Å². The molecule has 100 valence electrons. The van der Waals surface area contributed by atoms with E-state index in [1.54, 1.807) is 0 Å². The topological polar surface area (TPSA) is 81.4 Å². The van der Waals surface area contributed by atoms with Gasteiger partial charge in [-0.15, -0.1) is 0 Å². The molecule has 3 N–H and O–H groups in total. The van der Waals surface area contributed by atoms with Gasteiger partial charge in [-0.25, -0.2) is 12.8 Å². The van der Waals surface area contributed by atoms with Crippen molar-refractivity contribution < 1.29 is 17.5 Å². The maximum absolute atomic E-state index is 13.4. The summed E-state index contributed by atoms with van der Waals surface area (Å²) in [4.78, 5) is 0. The highest BCUT2D eigenvalue weighted by Crippen LogP contribution is 2.20. The fraction of sp³-hybridized carbons (Fsp3) is 0.455. The number of halogens is 1. The highest BCUT2D eigenvalue weighted by molar-refractivity contribution is 7.92. The van der Waals surface area contributed by atoms with Crippen LogP contribution in [0.25, 0.3) is 0 Å². The molecule has 1 aliphatic rings. The maximum Gasteiger partial charge on any atom is 0.235 e. The molecule has 1 fully saturated rings. The first kappa shape index (κ1) is 13.1. The van der Waals surface area contributed by atoms with Gasteiger partial charge in [-0.1, -0.05) is 0 Å². The first-order valence-electron chi connectivity index (χ1n) is 5.63. The Morgan fingerprint density at radius 3 is 2.94 bits per heavy atom. The maximum atomic E-state index is 13.4. The SMILES string of the molecule is Nc1ccc(F)c(NS(=O)(=O)CC2CCCO2)c1. The highest BCUT2D eigenvalue weighted by atomic mass is 32.2. The van der Waals surface area contributed by atoms with Crippen LogP contribution >= 0.6 is 0 Å². The molecule has 1 aliphatic heterocycles. The molecule has 1 heterocycles. The minimum Gasteiger partial charge on any atom is -0.399 e. The van der Waals surface area contributed by atoms with Gasteiger partial charge in [0.1, 0.15) is 5.82 Å². The van der Waals surface area contributed by atoms with E-state index in [0.717, 1.165) is 12.5 Å². The molecule has 0 spiro atoms. The first-order valence-corrected chi connectivity index (χ1v) is 7.28. The normalized spacial score (nSPS) is 19.9. The van der Waals surface area contributed by atoms with Gasteiger partial charge in [-0.2, -0.15) is 0 Å². The molecule has 5 nitrogen and oxygen atoms in total. The van der Waals surface area contributed by atoms with Crippen LogP contribution in [0.4, 0.5) is 15.8 Å². The van der Waals surface area contributed by atoms with E-state index in [9.17, 15) is 12.8 Å². The molecule has 1 unspecified atom stereocenters. The van der Waals surface area contributed by atoms with E-state index < -0.39 is 15.8 Å². The molecular weight excluding hydrogens is 259 g/mol. The van der Waals surface area contributed by atoms with E-state index in [4.69, 9.17) is 10.5 Å². The van der Waals surface area contributed by atoms with Crippen LogP contribution in [0.15, 0.2) is 18.2 Å². The average Bonchev–Trinajstić information content (AvgIpc) is 2.75. The molecule has 0 bridgehead atoms. The van der Waals surface area contributed by atoms with Crippen LogP contribution in [0.1, 0.15) is 12.8 Å². The Balaban J connectivity index is 2.09. The number of sulfonamides is 1. The van der Waals surface area contributed by atoms with Gasteiger partial charge in [0.2, 0.25) is 10.0 Å². The molecule has 0 saturated carbocycles. The highest BCUT2D eigenvalue weighted by Gasteiger charge is 2.24. The van der Waals surface area contributed by atoms with Gasteiger partial charge in [0, 0.05) is 12.3 Å². The van der Waals surface area contributed by atoms with Crippen LogP contribution in [0.3, 0.4) is 0 Å². The Labute approximate surface area is 105 Å². The number of hydrogen-bond acceptors (Lipinski definition) is 4. The van der Waals surface area contributed by atoms with Gasteiger partial charge in [0.05, 0.1) is 17.5 Å². The summed E-state index contributed by atoms with van der Waals surface area (Å²) in [6.45, 7) is 0.576. The molecule has 2 rings (SSSR count). The Bertz CT molecular complexity index is 527. The van der Waals surface area contributed by atoms with E-state index in [1.807, 2.05) is 0 Å². The lowest BCUT2D eigenvalue weighted by Crippen LogP contribution is -2.26. The molecule has 1 aromatic carbocycles. The van der Waals surface area contributed by atoms with Gasteiger partial charge in [-0.3, -0.25) is 4.72 Å². The summed E-state index contributed by atoms with van der Waals surface area (Å²) in [5.74, 6) is -0.818. The zero-order chi connectivity index (χ0) is 13.2. The fourth-order valence-corrected chi connectivity index (χ4v) is 3.18. The van der Waals surface area contributed by atoms with Crippen molar-refractivity contribution in [2.45, 2.75) is 18.9 Å². The summed E-state index contributed by atoms with van der Waals surface area (Å²) in [7, 11) is -3.63. The molecule has 0 aliphatic carbocycles. The van der Waals surface area contributed by atoms with E-state index in [-0.39, 0.29) is 17.5 Å². The fourth-order valence-electron chi connectivity index (χ4n) is 1.85. The monoisotopic (exact) mass is 274 g/mol. The van der Waals surface area contributed by atoms with E-state index in [1.165, 1.54) is 12.1 Å².